The summed E-state index contributed by atoms with van der Waals surface area (Å²) >= 11 is 1.72. The number of ether oxygens (including phenoxy) is 1. The van der Waals surface area contributed by atoms with Gasteiger partial charge < -0.3 is 16.2 Å². The van der Waals surface area contributed by atoms with Gasteiger partial charge in [0.25, 0.3) is 0 Å². The molecule has 0 bridgehead atoms. The number of thioether (sulfide) groups is 1. The lowest BCUT2D eigenvalue weighted by Gasteiger charge is -2.32. The molecule has 1 aliphatic heterocycles. The third-order valence-corrected chi connectivity index (χ3v) is 4.41. The lowest BCUT2D eigenvalue weighted by Crippen LogP contribution is -2.38. The van der Waals surface area contributed by atoms with Crippen molar-refractivity contribution in [1.82, 2.24) is 4.90 Å². The summed E-state index contributed by atoms with van der Waals surface area (Å²) in [5, 5.41) is 0. The monoisotopic (exact) mass is 253 g/mol. The van der Waals surface area contributed by atoms with E-state index < -0.39 is 0 Å². The van der Waals surface area contributed by atoms with Crippen molar-refractivity contribution in [2.24, 2.45) is 0 Å². The van der Waals surface area contributed by atoms with Crippen LogP contribution in [0.1, 0.15) is 11.1 Å². The van der Waals surface area contributed by atoms with Crippen molar-refractivity contribution in [2.75, 3.05) is 31.3 Å². The smallest absolute Gasteiger partial charge is 0.161 e. The Hall–Kier alpha value is -1.07. The van der Waals surface area contributed by atoms with Crippen LogP contribution in [0.25, 0.3) is 0 Å². The van der Waals surface area contributed by atoms with Crippen LogP contribution in [-0.4, -0.2) is 31.0 Å². The Morgan fingerprint density at radius 1 is 1.18 bits per heavy atom. The number of nitrogens with two attached hydrogens (primary N) is 2. The maximum atomic E-state index is 6.12. The first kappa shape index (κ1) is 12.4. The molecule has 4 N–H and O–H groups in total. The Labute approximate surface area is 106 Å². The molecule has 1 heterocycles. The zero-order valence-corrected chi connectivity index (χ0v) is 11.5. The summed E-state index contributed by atoms with van der Waals surface area (Å²) in [5.41, 5.74) is 15.8. The number of anilines is 2. The van der Waals surface area contributed by atoms with Crippen molar-refractivity contribution in [3.05, 3.63) is 11.1 Å². The maximum absolute atomic E-state index is 6.12. The molecule has 0 aromatic heterocycles. The van der Waals surface area contributed by atoms with Crippen molar-refractivity contribution >= 4 is 23.1 Å². The molecule has 0 spiro atoms. The first-order valence-corrected chi connectivity index (χ1v) is 6.56. The summed E-state index contributed by atoms with van der Waals surface area (Å²) in [6, 6.07) is 0. The number of hydrogen-bond donors (Lipinski definition) is 2. The standard InChI is InChI=1S/C12H19N3OS/c1-6-7(2)10(14)12-11(9(6)13)16-8(5-17-12)15(3)4/h8H,5,13-14H2,1-4H3. The van der Waals surface area contributed by atoms with Gasteiger partial charge >= 0.3 is 0 Å². The Morgan fingerprint density at radius 3 is 2.35 bits per heavy atom. The lowest BCUT2D eigenvalue weighted by atomic mass is 10.1. The van der Waals surface area contributed by atoms with Gasteiger partial charge in [-0.1, -0.05) is 0 Å². The predicted molar refractivity (Wildman–Crippen MR) is 73.6 cm³/mol. The zero-order chi connectivity index (χ0) is 12.7. The van der Waals surface area contributed by atoms with E-state index in [0.717, 1.165) is 33.2 Å². The van der Waals surface area contributed by atoms with E-state index in [1.807, 2.05) is 32.8 Å². The first-order chi connectivity index (χ1) is 7.93. The fraction of sp³-hybridized carbons (Fsp3) is 0.500. The second kappa shape index (κ2) is 4.31. The second-order valence-electron chi connectivity index (χ2n) is 4.58. The van der Waals surface area contributed by atoms with E-state index in [1.165, 1.54) is 0 Å². The Kier molecular flexibility index (Phi) is 3.14. The third-order valence-electron chi connectivity index (χ3n) is 3.27. The Bertz CT molecular complexity index is 460. The average molecular weight is 253 g/mol. The van der Waals surface area contributed by atoms with Crippen LogP contribution in [0.15, 0.2) is 4.90 Å². The first-order valence-electron chi connectivity index (χ1n) is 5.57. The van der Waals surface area contributed by atoms with Crippen LogP contribution in [0, 0.1) is 13.8 Å². The molecule has 2 rings (SSSR count). The predicted octanol–water partition coefficient (Wildman–Crippen LogP) is 1.84. The molecule has 1 atom stereocenters. The van der Waals surface area contributed by atoms with Crippen molar-refractivity contribution in [3.63, 3.8) is 0 Å². The molecular formula is C12H19N3OS. The van der Waals surface area contributed by atoms with Crippen molar-refractivity contribution in [2.45, 2.75) is 25.0 Å². The summed E-state index contributed by atoms with van der Waals surface area (Å²) in [5.74, 6) is 1.62. The van der Waals surface area contributed by atoms with E-state index in [2.05, 4.69) is 0 Å². The minimum atomic E-state index is 0.0521. The largest absolute Gasteiger partial charge is 0.471 e. The minimum Gasteiger partial charge on any atom is -0.471 e. The van der Waals surface area contributed by atoms with Gasteiger partial charge in [0, 0.05) is 5.75 Å². The van der Waals surface area contributed by atoms with E-state index in [9.17, 15) is 0 Å². The number of rotatable bonds is 1. The summed E-state index contributed by atoms with van der Waals surface area (Å²) in [7, 11) is 3.99. The van der Waals surface area contributed by atoms with E-state index >= 15 is 0 Å². The minimum absolute atomic E-state index is 0.0521. The Morgan fingerprint density at radius 2 is 1.76 bits per heavy atom. The molecule has 94 valence electrons. The van der Waals surface area contributed by atoms with Crippen LogP contribution in [0.2, 0.25) is 0 Å². The highest BCUT2D eigenvalue weighted by Gasteiger charge is 2.27. The number of nitrogens with zero attached hydrogens (tertiary/aromatic N) is 1. The maximum Gasteiger partial charge on any atom is 0.161 e. The molecule has 0 aliphatic carbocycles. The molecule has 0 saturated carbocycles. The van der Waals surface area contributed by atoms with Gasteiger partial charge in [-0.2, -0.15) is 0 Å². The highest BCUT2D eigenvalue weighted by molar-refractivity contribution is 7.99. The number of nitrogen functional groups attached to an aromatic ring is 2. The van der Waals surface area contributed by atoms with Crippen LogP contribution >= 0.6 is 11.8 Å². The fourth-order valence-corrected chi connectivity index (χ4v) is 3.10. The molecular weight excluding hydrogens is 234 g/mol. The zero-order valence-electron chi connectivity index (χ0n) is 10.7. The summed E-state index contributed by atoms with van der Waals surface area (Å²) in [6.07, 6.45) is 0.0521. The number of hydrogen-bond acceptors (Lipinski definition) is 5. The van der Waals surface area contributed by atoms with Gasteiger partial charge in [0.15, 0.2) is 12.0 Å². The quantitative estimate of drug-likeness (QED) is 0.748. The third kappa shape index (κ3) is 1.93. The highest BCUT2D eigenvalue weighted by atomic mass is 32.2. The van der Waals surface area contributed by atoms with Gasteiger partial charge in [0.2, 0.25) is 0 Å². The van der Waals surface area contributed by atoms with E-state index in [-0.39, 0.29) is 6.23 Å². The number of fused-ring (bicyclic) bond motifs is 1. The SMILES string of the molecule is Cc1c(C)c(N)c2c(c1N)OC(N(C)C)CS2. The van der Waals surface area contributed by atoms with Gasteiger partial charge in [0.1, 0.15) is 0 Å². The van der Waals surface area contributed by atoms with Gasteiger partial charge in [-0.05, 0) is 39.1 Å². The average Bonchev–Trinajstić information content (AvgIpc) is 2.32. The van der Waals surface area contributed by atoms with E-state index in [4.69, 9.17) is 16.2 Å². The van der Waals surface area contributed by atoms with Crippen LogP contribution < -0.4 is 16.2 Å². The van der Waals surface area contributed by atoms with Crippen molar-refractivity contribution in [1.29, 1.82) is 0 Å². The van der Waals surface area contributed by atoms with Crippen molar-refractivity contribution in [3.8, 4) is 5.75 Å². The van der Waals surface area contributed by atoms with Crippen LogP contribution in [0.3, 0.4) is 0 Å². The van der Waals surface area contributed by atoms with Crippen molar-refractivity contribution < 1.29 is 4.74 Å². The molecule has 1 aromatic carbocycles. The molecule has 1 aliphatic rings. The van der Waals surface area contributed by atoms with Crippen LogP contribution in [-0.2, 0) is 0 Å². The molecule has 0 radical (unpaired) electrons. The topological polar surface area (TPSA) is 64.5 Å². The number of benzene rings is 1. The second-order valence-corrected chi connectivity index (χ2v) is 5.61. The van der Waals surface area contributed by atoms with E-state index in [1.54, 1.807) is 11.8 Å². The Balaban J connectivity index is 2.51. The lowest BCUT2D eigenvalue weighted by molar-refractivity contribution is 0.0803. The summed E-state index contributed by atoms with van der Waals surface area (Å²) < 4.78 is 5.94. The molecule has 0 fully saturated rings. The van der Waals surface area contributed by atoms with Crippen LogP contribution in [0.5, 0.6) is 5.75 Å². The van der Waals surface area contributed by atoms with E-state index in [0.29, 0.717) is 5.69 Å². The molecule has 5 heteroatoms. The summed E-state index contributed by atoms with van der Waals surface area (Å²) in [6.45, 7) is 3.98. The molecule has 4 nitrogen and oxygen atoms in total. The highest BCUT2D eigenvalue weighted by Crippen LogP contribution is 2.47. The fourth-order valence-electron chi connectivity index (χ4n) is 1.83. The molecule has 1 unspecified atom stereocenters. The van der Waals surface area contributed by atoms with Gasteiger partial charge in [-0.3, -0.25) is 4.90 Å². The van der Waals surface area contributed by atoms with Gasteiger partial charge in [-0.25, -0.2) is 0 Å². The molecule has 0 amide bonds. The normalized spacial score (nSPS) is 19.0. The van der Waals surface area contributed by atoms with Crippen LogP contribution in [0.4, 0.5) is 11.4 Å². The van der Waals surface area contributed by atoms with Gasteiger partial charge in [0.05, 0.1) is 16.3 Å². The van der Waals surface area contributed by atoms with Gasteiger partial charge in [-0.15, -0.1) is 11.8 Å². The molecule has 0 saturated heterocycles. The molecule has 1 aromatic rings. The summed E-state index contributed by atoms with van der Waals surface area (Å²) in [4.78, 5) is 3.03. The molecule has 17 heavy (non-hydrogen) atoms.